The third-order valence-electron chi connectivity index (χ3n) is 3.90. The molecule has 1 aromatic rings. The SMILES string of the molecule is COc1ccc(OC)c2c1C(=O)C1=C(OC(C)CC1)C2=O. The third kappa shape index (κ3) is 1.92. The lowest BCUT2D eigenvalue weighted by atomic mass is 9.83. The summed E-state index contributed by atoms with van der Waals surface area (Å²) in [4.78, 5) is 25.4. The number of carbonyl (C=O) groups is 2. The summed E-state index contributed by atoms with van der Waals surface area (Å²) in [7, 11) is 2.94. The number of Topliss-reactive ketones (excluding diaryl/α,β-unsaturated/α-hetero) is 2. The highest BCUT2D eigenvalue weighted by atomic mass is 16.5. The fraction of sp³-hybridized carbons (Fsp3) is 0.375. The van der Waals surface area contributed by atoms with Gasteiger partial charge in [-0.2, -0.15) is 0 Å². The second kappa shape index (κ2) is 4.91. The summed E-state index contributed by atoms with van der Waals surface area (Å²) in [6.07, 6.45) is 1.19. The largest absolute Gasteiger partial charge is 0.496 e. The molecular weight excluding hydrogens is 272 g/mol. The molecule has 1 unspecified atom stereocenters. The Morgan fingerprint density at radius 2 is 1.62 bits per heavy atom. The van der Waals surface area contributed by atoms with Gasteiger partial charge in [0.25, 0.3) is 0 Å². The molecule has 1 aromatic carbocycles. The first kappa shape index (κ1) is 13.7. The molecule has 0 fully saturated rings. The molecule has 3 rings (SSSR count). The molecule has 5 nitrogen and oxygen atoms in total. The van der Waals surface area contributed by atoms with Crippen LogP contribution in [0.3, 0.4) is 0 Å². The van der Waals surface area contributed by atoms with Gasteiger partial charge in [0.2, 0.25) is 5.78 Å². The highest BCUT2D eigenvalue weighted by molar-refractivity contribution is 6.28. The first-order chi connectivity index (χ1) is 10.1. The van der Waals surface area contributed by atoms with Crippen molar-refractivity contribution in [1.82, 2.24) is 0 Å². The molecule has 0 bridgehead atoms. The Morgan fingerprint density at radius 3 is 2.19 bits per heavy atom. The number of hydrogen-bond acceptors (Lipinski definition) is 5. The molecule has 1 aliphatic carbocycles. The van der Waals surface area contributed by atoms with Crippen LogP contribution in [-0.2, 0) is 4.74 Å². The summed E-state index contributed by atoms with van der Waals surface area (Å²) in [5.41, 5.74) is 0.950. The zero-order valence-corrected chi connectivity index (χ0v) is 12.2. The molecular formula is C16H16O5. The zero-order chi connectivity index (χ0) is 15.1. The van der Waals surface area contributed by atoms with Crippen molar-refractivity contribution in [3.8, 4) is 11.5 Å². The number of methoxy groups -OCH3 is 2. The summed E-state index contributed by atoms with van der Waals surface area (Å²) in [6, 6.07) is 3.27. The average molecular weight is 288 g/mol. The predicted octanol–water partition coefficient (Wildman–Crippen LogP) is 2.54. The highest BCUT2D eigenvalue weighted by Gasteiger charge is 2.40. The normalized spacial score (nSPS) is 20.6. The van der Waals surface area contributed by atoms with E-state index in [1.54, 1.807) is 12.1 Å². The van der Waals surface area contributed by atoms with Crippen LogP contribution in [-0.4, -0.2) is 31.9 Å². The first-order valence-corrected chi connectivity index (χ1v) is 6.82. The summed E-state index contributed by atoms with van der Waals surface area (Å²) >= 11 is 0. The number of ketones is 2. The van der Waals surface area contributed by atoms with Gasteiger partial charge in [0.05, 0.1) is 31.5 Å². The van der Waals surface area contributed by atoms with E-state index < -0.39 is 0 Å². The van der Waals surface area contributed by atoms with Gasteiger partial charge in [0.15, 0.2) is 11.5 Å². The number of hydrogen-bond donors (Lipinski definition) is 0. The summed E-state index contributed by atoms with van der Waals surface area (Å²) < 4.78 is 16.1. The molecule has 0 radical (unpaired) electrons. The number of carbonyl (C=O) groups excluding carboxylic acids is 2. The van der Waals surface area contributed by atoms with E-state index in [4.69, 9.17) is 14.2 Å². The van der Waals surface area contributed by atoms with Gasteiger partial charge in [-0.15, -0.1) is 0 Å². The van der Waals surface area contributed by atoms with Gasteiger partial charge < -0.3 is 14.2 Å². The van der Waals surface area contributed by atoms with E-state index in [9.17, 15) is 9.59 Å². The van der Waals surface area contributed by atoms with Crippen LogP contribution in [0.5, 0.6) is 11.5 Å². The zero-order valence-electron chi connectivity index (χ0n) is 12.2. The Bertz CT molecular complexity index is 671. The number of allylic oxidation sites excluding steroid dienone is 2. The Hall–Kier alpha value is -2.30. The second-order valence-electron chi connectivity index (χ2n) is 5.15. The Balaban J connectivity index is 2.25. The monoisotopic (exact) mass is 288 g/mol. The molecule has 0 aromatic heterocycles. The van der Waals surface area contributed by atoms with E-state index in [0.717, 1.165) is 6.42 Å². The van der Waals surface area contributed by atoms with Gasteiger partial charge in [-0.05, 0) is 31.9 Å². The van der Waals surface area contributed by atoms with Gasteiger partial charge in [0.1, 0.15) is 11.5 Å². The molecule has 0 N–H and O–H groups in total. The van der Waals surface area contributed by atoms with E-state index in [1.807, 2.05) is 6.92 Å². The van der Waals surface area contributed by atoms with Crippen LogP contribution in [0.15, 0.2) is 23.5 Å². The number of fused-ring (bicyclic) bond motifs is 1. The van der Waals surface area contributed by atoms with Crippen LogP contribution in [0.1, 0.15) is 40.5 Å². The molecule has 2 aliphatic rings. The maximum atomic E-state index is 12.7. The Kier molecular flexibility index (Phi) is 3.20. The van der Waals surface area contributed by atoms with E-state index in [2.05, 4.69) is 0 Å². The van der Waals surface area contributed by atoms with Crippen molar-refractivity contribution in [2.45, 2.75) is 25.9 Å². The van der Waals surface area contributed by atoms with Gasteiger partial charge in [-0.3, -0.25) is 9.59 Å². The van der Waals surface area contributed by atoms with Crippen LogP contribution in [0.2, 0.25) is 0 Å². The van der Waals surface area contributed by atoms with Crippen molar-refractivity contribution in [2.24, 2.45) is 0 Å². The Morgan fingerprint density at radius 1 is 1.05 bits per heavy atom. The summed E-state index contributed by atoms with van der Waals surface area (Å²) in [6.45, 7) is 1.89. The maximum Gasteiger partial charge on any atom is 0.232 e. The molecule has 110 valence electrons. The minimum Gasteiger partial charge on any atom is -0.496 e. The lowest BCUT2D eigenvalue weighted by molar-refractivity contribution is 0.0675. The van der Waals surface area contributed by atoms with Crippen LogP contribution >= 0.6 is 0 Å². The highest BCUT2D eigenvalue weighted by Crippen LogP contribution is 2.41. The second-order valence-corrected chi connectivity index (χ2v) is 5.15. The van der Waals surface area contributed by atoms with Crippen LogP contribution in [0.4, 0.5) is 0 Å². The fourth-order valence-electron chi connectivity index (χ4n) is 2.82. The number of ether oxygens (including phenoxy) is 3. The van der Waals surface area contributed by atoms with Crippen molar-refractivity contribution in [2.75, 3.05) is 14.2 Å². The minimum absolute atomic E-state index is 0.0707. The van der Waals surface area contributed by atoms with Crippen LogP contribution in [0, 0.1) is 0 Å². The molecule has 0 saturated carbocycles. The van der Waals surface area contributed by atoms with E-state index in [-0.39, 0.29) is 34.6 Å². The average Bonchev–Trinajstić information content (AvgIpc) is 2.50. The molecule has 1 aliphatic heterocycles. The van der Waals surface area contributed by atoms with Crippen LogP contribution in [0.25, 0.3) is 0 Å². The van der Waals surface area contributed by atoms with Gasteiger partial charge in [-0.1, -0.05) is 0 Å². The van der Waals surface area contributed by atoms with Gasteiger partial charge in [0, 0.05) is 5.57 Å². The van der Waals surface area contributed by atoms with Crippen molar-refractivity contribution in [3.63, 3.8) is 0 Å². The lowest BCUT2D eigenvalue weighted by Crippen LogP contribution is -2.30. The smallest absolute Gasteiger partial charge is 0.232 e. The first-order valence-electron chi connectivity index (χ1n) is 6.82. The van der Waals surface area contributed by atoms with Crippen molar-refractivity contribution in [1.29, 1.82) is 0 Å². The van der Waals surface area contributed by atoms with Gasteiger partial charge in [-0.25, -0.2) is 0 Å². The van der Waals surface area contributed by atoms with Crippen molar-refractivity contribution >= 4 is 11.6 Å². The molecule has 0 spiro atoms. The predicted molar refractivity (Wildman–Crippen MR) is 75.0 cm³/mol. The number of benzene rings is 1. The van der Waals surface area contributed by atoms with Gasteiger partial charge >= 0.3 is 0 Å². The lowest BCUT2D eigenvalue weighted by Gasteiger charge is -2.29. The Labute approximate surface area is 122 Å². The van der Waals surface area contributed by atoms with Crippen molar-refractivity contribution < 1.29 is 23.8 Å². The maximum absolute atomic E-state index is 12.7. The molecule has 1 heterocycles. The molecule has 5 heteroatoms. The topological polar surface area (TPSA) is 61.8 Å². The molecule has 0 saturated heterocycles. The summed E-state index contributed by atoms with van der Waals surface area (Å²) in [5, 5.41) is 0. The van der Waals surface area contributed by atoms with E-state index in [0.29, 0.717) is 23.5 Å². The minimum atomic E-state index is -0.304. The quantitative estimate of drug-likeness (QED) is 0.837. The van der Waals surface area contributed by atoms with E-state index in [1.165, 1.54) is 14.2 Å². The third-order valence-corrected chi connectivity index (χ3v) is 3.90. The van der Waals surface area contributed by atoms with Crippen molar-refractivity contribution in [3.05, 3.63) is 34.6 Å². The summed E-state index contributed by atoms with van der Waals surface area (Å²) in [5.74, 6) is 0.397. The molecule has 21 heavy (non-hydrogen) atoms. The molecule has 0 amide bonds. The fourth-order valence-corrected chi connectivity index (χ4v) is 2.82. The van der Waals surface area contributed by atoms with E-state index >= 15 is 0 Å². The standard InChI is InChI=1S/C16H16O5/c1-8-4-5-9-14(17)12-10(19-2)6-7-11(20-3)13(12)15(18)16(9)21-8/h6-8H,4-5H2,1-3H3. The number of rotatable bonds is 2. The van der Waals surface area contributed by atoms with Crippen LogP contribution < -0.4 is 9.47 Å². The molecule has 1 atom stereocenters.